The summed E-state index contributed by atoms with van der Waals surface area (Å²) in [5, 5.41) is 3.27. The molecule has 0 saturated carbocycles. The SMILES string of the molecule is COCCO[Si](C)CCCNCCN. The zero-order valence-electron chi connectivity index (χ0n) is 9.34. The average molecular weight is 219 g/mol. The van der Waals surface area contributed by atoms with Crippen LogP contribution in [-0.2, 0) is 9.16 Å². The van der Waals surface area contributed by atoms with Crippen molar-refractivity contribution in [2.24, 2.45) is 5.73 Å². The fourth-order valence-corrected chi connectivity index (χ4v) is 2.31. The molecule has 0 rings (SSSR count). The van der Waals surface area contributed by atoms with Gasteiger partial charge in [0.25, 0.3) is 0 Å². The normalized spacial score (nSPS) is 11.1. The Balaban J connectivity index is 3.06. The first-order valence-electron chi connectivity index (χ1n) is 5.16. The maximum absolute atomic E-state index is 5.61. The number of rotatable bonds is 10. The molecule has 0 aromatic carbocycles. The van der Waals surface area contributed by atoms with E-state index in [4.69, 9.17) is 14.9 Å². The van der Waals surface area contributed by atoms with Crippen LogP contribution < -0.4 is 11.1 Å². The van der Waals surface area contributed by atoms with Crippen molar-refractivity contribution < 1.29 is 9.16 Å². The van der Waals surface area contributed by atoms with Crippen molar-refractivity contribution >= 4 is 9.04 Å². The molecule has 0 spiro atoms. The third-order valence-electron chi connectivity index (χ3n) is 1.84. The molecule has 0 heterocycles. The van der Waals surface area contributed by atoms with Gasteiger partial charge in [-0.3, -0.25) is 0 Å². The molecule has 0 atom stereocenters. The molecule has 4 nitrogen and oxygen atoms in total. The quantitative estimate of drug-likeness (QED) is 0.407. The second-order valence-corrected chi connectivity index (χ2v) is 5.38. The van der Waals surface area contributed by atoms with Gasteiger partial charge in [0.15, 0.2) is 0 Å². The van der Waals surface area contributed by atoms with Gasteiger partial charge in [0.2, 0.25) is 9.04 Å². The maximum Gasteiger partial charge on any atom is 0.208 e. The van der Waals surface area contributed by atoms with Crippen molar-refractivity contribution in [1.82, 2.24) is 5.32 Å². The standard InChI is InChI=1S/C9H23N2O2Si/c1-12-7-8-13-14(2)9-3-5-11-6-4-10/h11H,3-10H2,1-2H3. The number of hydrogen-bond donors (Lipinski definition) is 2. The Morgan fingerprint density at radius 1 is 1.29 bits per heavy atom. The minimum absolute atomic E-state index is 0.600. The summed E-state index contributed by atoms with van der Waals surface area (Å²) in [5.74, 6) is 0. The topological polar surface area (TPSA) is 56.5 Å². The molecule has 0 bridgehead atoms. The summed E-state index contributed by atoms with van der Waals surface area (Å²) in [6.45, 7) is 6.31. The molecule has 0 saturated heterocycles. The van der Waals surface area contributed by atoms with Gasteiger partial charge in [-0.25, -0.2) is 0 Å². The Bertz CT molecular complexity index is 117. The summed E-state index contributed by atoms with van der Waals surface area (Å²) in [7, 11) is 1.10. The van der Waals surface area contributed by atoms with Crippen LogP contribution in [0, 0.1) is 0 Å². The van der Waals surface area contributed by atoms with Crippen molar-refractivity contribution in [3.05, 3.63) is 0 Å². The molecule has 5 heteroatoms. The highest BCUT2D eigenvalue weighted by Crippen LogP contribution is 1.98. The Kier molecular flexibility index (Phi) is 11.2. The van der Waals surface area contributed by atoms with E-state index in [9.17, 15) is 0 Å². The van der Waals surface area contributed by atoms with E-state index in [1.807, 2.05) is 0 Å². The number of ether oxygens (including phenoxy) is 1. The van der Waals surface area contributed by atoms with Crippen LogP contribution in [0.15, 0.2) is 0 Å². The average Bonchev–Trinajstić information content (AvgIpc) is 2.18. The minimum atomic E-state index is -0.600. The van der Waals surface area contributed by atoms with Crippen molar-refractivity contribution in [3.63, 3.8) is 0 Å². The van der Waals surface area contributed by atoms with Crippen LogP contribution in [-0.4, -0.2) is 49.0 Å². The van der Waals surface area contributed by atoms with Crippen LogP contribution in [0.4, 0.5) is 0 Å². The van der Waals surface area contributed by atoms with Gasteiger partial charge in [0.05, 0.1) is 13.2 Å². The summed E-state index contributed by atoms with van der Waals surface area (Å²) in [6.07, 6.45) is 1.18. The lowest BCUT2D eigenvalue weighted by molar-refractivity contribution is 0.146. The third-order valence-corrected chi connectivity index (χ3v) is 3.59. The molecular weight excluding hydrogens is 196 g/mol. The van der Waals surface area contributed by atoms with Crippen LogP contribution >= 0.6 is 0 Å². The predicted octanol–water partition coefficient (Wildman–Crippen LogP) is 0.209. The predicted molar refractivity (Wildman–Crippen MR) is 60.8 cm³/mol. The van der Waals surface area contributed by atoms with Gasteiger partial charge in [0.1, 0.15) is 0 Å². The Morgan fingerprint density at radius 3 is 2.71 bits per heavy atom. The van der Waals surface area contributed by atoms with E-state index in [0.717, 1.165) is 19.7 Å². The number of hydrogen-bond acceptors (Lipinski definition) is 4. The number of methoxy groups -OCH3 is 1. The van der Waals surface area contributed by atoms with Gasteiger partial charge in [0, 0.05) is 20.2 Å². The molecular formula is C9H23N2O2Si. The molecule has 3 N–H and O–H groups in total. The van der Waals surface area contributed by atoms with E-state index in [0.29, 0.717) is 13.2 Å². The van der Waals surface area contributed by atoms with Crippen molar-refractivity contribution in [3.8, 4) is 0 Å². The molecule has 0 aliphatic rings. The smallest absolute Gasteiger partial charge is 0.208 e. The van der Waals surface area contributed by atoms with Crippen LogP contribution in [0.2, 0.25) is 12.6 Å². The molecule has 0 amide bonds. The van der Waals surface area contributed by atoms with Gasteiger partial charge >= 0.3 is 0 Å². The second-order valence-electron chi connectivity index (χ2n) is 3.19. The monoisotopic (exact) mass is 219 g/mol. The van der Waals surface area contributed by atoms with Crippen molar-refractivity contribution in [2.75, 3.05) is 40.0 Å². The highest BCUT2D eigenvalue weighted by atomic mass is 28.3. The molecule has 0 aromatic heterocycles. The molecule has 0 unspecified atom stereocenters. The summed E-state index contributed by atoms with van der Waals surface area (Å²) >= 11 is 0. The molecule has 85 valence electrons. The Morgan fingerprint density at radius 2 is 2.07 bits per heavy atom. The van der Waals surface area contributed by atoms with E-state index in [2.05, 4.69) is 11.9 Å². The third kappa shape index (κ3) is 10.1. The van der Waals surface area contributed by atoms with Gasteiger partial charge < -0.3 is 20.2 Å². The molecule has 0 fully saturated rings. The van der Waals surface area contributed by atoms with Crippen LogP contribution in [0.3, 0.4) is 0 Å². The summed E-state index contributed by atoms with van der Waals surface area (Å²) in [6, 6.07) is 1.19. The first-order chi connectivity index (χ1) is 6.81. The first kappa shape index (κ1) is 14.1. The number of nitrogens with one attached hydrogen (secondary N) is 1. The minimum Gasteiger partial charge on any atom is -0.415 e. The number of nitrogens with two attached hydrogens (primary N) is 1. The molecule has 0 aliphatic carbocycles. The van der Waals surface area contributed by atoms with Crippen LogP contribution in [0.1, 0.15) is 6.42 Å². The van der Waals surface area contributed by atoms with E-state index in [-0.39, 0.29) is 0 Å². The Labute approximate surface area is 88.9 Å². The summed E-state index contributed by atoms with van der Waals surface area (Å²) < 4.78 is 10.5. The molecule has 1 radical (unpaired) electrons. The second kappa shape index (κ2) is 11.1. The van der Waals surface area contributed by atoms with Crippen LogP contribution in [0.5, 0.6) is 0 Å². The summed E-state index contributed by atoms with van der Waals surface area (Å²) in [4.78, 5) is 0. The zero-order valence-corrected chi connectivity index (χ0v) is 10.3. The van der Waals surface area contributed by atoms with E-state index >= 15 is 0 Å². The van der Waals surface area contributed by atoms with Gasteiger partial charge in [-0.05, 0) is 25.6 Å². The van der Waals surface area contributed by atoms with E-state index < -0.39 is 9.04 Å². The largest absolute Gasteiger partial charge is 0.415 e. The van der Waals surface area contributed by atoms with Gasteiger partial charge in [-0.15, -0.1) is 0 Å². The van der Waals surface area contributed by atoms with E-state index in [1.165, 1.54) is 12.5 Å². The lowest BCUT2D eigenvalue weighted by Gasteiger charge is -2.10. The Hall–Kier alpha value is 0.0569. The van der Waals surface area contributed by atoms with Crippen molar-refractivity contribution in [2.45, 2.75) is 19.0 Å². The van der Waals surface area contributed by atoms with Crippen LogP contribution in [0.25, 0.3) is 0 Å². The molecule has 14 heavy (non-hydrogen) atoms. The lowest BCUT2D eigenvalue weighted by atomic mass is 10.5. The highest BCUT2D eigenvalue weighted by Gasteiger charge is 2.04. The lowest BCUT2D eigenvalue weighted by Crippen LogP contribution is -2.25. The molecule has 0 aromatic rings. The van der Waals surface area contributed by atoms with E-state index in [1.54, 1.807) is 7.11 Å². The fraction of sp³-hybridized carbons (Fsp3) is 1.00. The van der Waals surface area contributed by atoms with Gasteiger partial charge in [-0.2, -0.15) is 0 Å². The molecule has 0 aliphatic heterocycles. The first-order valence-corrected chi connectivity index (χ1v) is 7.27. The van der Waals surface area contributed by atoms with Gasteiger partial charge in [-0.1, -0.05) is 0 Å². The highest BCUT2D eigenvalue weighted by molar-refractivity contribution is 6.50. The summed E-state index contributed by atoms with van der Waals surface area (Å²) in [5.41, 5.74) is 5.36. The maximum atomic E-state index is 5.61. The van der Waals surface area contributed by atoms with Crippen molar-refractivity contribution in [1.29, 1.82) is 0 Å². The fourth-order valence-electron chi connectivity index (χ4n) is 1.06. The zero-order chi connectivity index (χ0) is 10.6.